The van der Waals surface area contributed by atoms with E-state index in [2.05, 4.69) is 53.7 Å². The van der Waals surface area contributed by atoms with Crippen molar-refractivity contribution in [3.8, 4) is 0 Å². The van der Waals surface area contributed by atoms with Gasteiger partial charge in [0.2, 0.25) is 0 Å². The smallest absolute Gasteiger partial charge is 0.160 e. The van der Waals surface area contributed by atoms with Crippen LogP contribution in [0.2, 0.25) is 0 Å². The minimum Gasteiger partial charge on any atom is -0.295 e. The standard InChI is InChI=1S/C18H26O/c1-8-13-9-15-16(10-14(13)11(2)19)18(6,7)12(3)17(15,4)5/h9-10,12H,8H2,1-7H3. The Morgan fingerprint density at radius 1 is 1.11 bits per heavy atom. The average molecular weight is 258 g/mol. The molecule has 1 heteroatoms. The number of ketones is 1. The summed E-state index contributed by atoms with van der Waals surface area (Å²) in [5.74, 6) is 0.759. The fourth-order valence-electron chi connectivity index (χ4n) is 3.70. The molecule has 1 aliphatic carbocycles. The molecule has 1 aromatic carbocycles. The van der Waals surface area contributed by atoms with Crippen molar-refractivity contribution in [2.24, 2.45) is 5.92 Å². The molecule has 104 valence electrons. The van der Waals surface area contributed by atoms with Gasteiger partial charge in [0.05, 0.1) is 0 Å². The molecule has 2 rings (SSSR count). The van der Waals surface area contributed by atoms with E-state index >= 15 is 0 Å². The lowest BCUT2D eigenvalue weighted by Gasteiger charge is -2.32. The van der Waals surface area contributed by atoms with Crippen molar-refractivity contribution in [3.63, 3.8) is 0 Å². The van der Waals surface area contributed by atoms with Crippen molar-refractivity contribution < 1.29 is 4.79 Å². The van der Waals surface area contributed by atoms with Crippen LogP contribution in [0, 0.1) is 5.92 Å². The molecule has 0 fully saturated rings. The molecule has 1 aliphatic rings. The molecule has 1 nitrogen and oxygen atoms in total. The molecule has 1 unspecified atom stereocenters. The van der Waals surface area contributed by atoms with Gasteiger partial charge in [-0.2, -0.15) is 0 Å². The van der Waals surface area contributed by atoms with Crippen molar-refractivity contribution in [2.75, 3.05) is 0 Å². The first kappa shape index (κ1) is 14.3. The second-order valence-corrected chi connectivity index (χ2v) is 7.13. The Hall–Kier alpha value is -1.11. The number of hydrogen-bond acceptors (Lipinski definition) is 1. The van der Waals surface area contributed by atoms with Gasteiger partial charge in [0.1, 0.15) is 0 Å². The maximum absolute atomic E-state index is 11.9. The van der Waals surface area contributed by atoms with E-state index in [4.69, 9.17) is 0 Å². The van der Waals surface area contributed by atoms with Gasteiger partial charge in [0.25, 0.3) is 0 Å². The molecule has 0 spiro atoms. The summed E-state index contributed by atoms with van der Waals surface area (Å²) in [6.45, 7) is 15.4. The fraction of sp³-hybridized carbons (Fsp3) is 0.611. The number of aryl methyl sites for hydroxylation is 1. The Labute approximate surface area is 117 Å². The van der Waals surface area contributed by atoms with Crippen LogP contribution in [0.1, 0.15) is 75.5 Å². The van der Waals surface area contributed by atoms with Crippen LogP contribution in [0.3, 0.4) is 0 Å². The van der Waals surface area contributed by atoms with Gasteiger partial charge in [-0.1, -0.05) is 47.6 Å². The lowest BCUT2D eigenvalue weighted by molar-refractivity contribution is 0.101. The van der Waals surface area contributed by atoms with Crippen molar-refractivity contribution >= 4 is 5.78 Å². The zero-order valence-electron chi connectivity index (χ0n) is 13.3. The molecular weight excluding hydrogens is 232 g/mol. The lowest BCUT2D eigenvalue weighted by Crippen LogP contribution is -2.30. The Bertz CT molecular complexity index is 535. The molecule has 0 bridgehead atoms. The maximum Gasteiger partial charge on any atom is 0.160 e. The molecule has 0 heterocycles. The Kier molecular flexibility index (Phi) is 3.16. The first-order chi connectivity index (χ1) is 8.64. The molecule has 0 N–H and O–H groups in total. The molecule has 0 aromatic heterocycles. The van der Waals surface area contributed by atoms with Crippen LogP contribution in [0.4, 0.5) is 0 Å². The first-order valence-corrected chi connectivity index (χ1v) is 7.32. The van der Waals surface area contributed by atoms with Crippen LogP contribution in [-0.4, -0.2) is 5.78 Å². The summed E-state index contributed by atoms with van der Waals surface area (Å²) in [4.78, 5) is 11.9. The third kappa shape index (κ3) is 1.86. The molecule has 0 amide bonds. The molecule has 0 saturated heterocycles. The minimum absolute atomic E-state index is 0.134. The van der Waals surface area contributed by atoms with Crippen LogP contribution in [-0.2, 0) is 17.3 Å². The van der Waals surface area contributed by atoms with E-state index in [1.807, 2.05) is 0 Å². The van der Waals surface area contributed by atoms with Gasteiger partial charge < -0.3 is 0 Å². The highest BCUT2D eigenvalue weighted by atomic mass is 16.1. The Morgan fingerprint density at radius 2 is 1.58 bits per heavy atom. The summed E-state index contributed by atoms with van der Waals surface area (Å²) in [5, 5.41) is 0. The minimum atomic E-state index is 0.134. The predicted octanol–water partition coefficient (Wildman–Crippen LogP) is 4.66. The van der Waals surface area contributed by atoms with Gasteiger partial charge in [-0.25, -0.2) is 0 Å². The first-order valence-electron chi connectivity index (χ1n) is 7.32. The fourth-order valence-corrected chi connectivity index (χ4v) is 3.70. The summed E-state index contributed by atoms with van der Waals surface area (Å²) in [6, 6.07) is 4.46. The number of Topliss-reactive ketones (excluding diaryl/α,β-unsaturated/α-hetero) is 1. The van der Waals surface area contributed by atoms with E-state index in [1.54, 1.807) is 6.92 Å². The highest BCUT2D eigenvalue weighted by Crippen LogP contribution is 2.54. The third-order valence-corrected chi connectivity index (χ3v) is 5.56. The van der Waals surface area contributed by atoms with Gasteiger partial charge in [0, 0.05) is 5.56 Å². The van der Waals surface area contributed by atoms with Gasteiger partial charge in [0.15, 0.2) is 5.78 Å². The van der Waals surface area contributed by atoms with Crippen molar-refractivity contribution in [2.45, 2.75) is 65.7 Å². The van der Waals surface area contributed by atoms with Crippen LogP contribution < -0.4 is 0 Å². The second-order valence-electron chi connectivity index (χ2n) is 7.13. The molecule has 0 saturated carbocycles. The van der Waals surface area contributed by atoms with Gasteiger partial charge in [-0.15, -0.1) is 0 Å². The van der Waals surface area contributed by atoms with Crippen LogP contribution in [0.25, 0.3) is 0 Å². The van der Waals surface area contributed by atoms with E-state index in [1.165, 1.54) is 16.7 Å². The van der Waals surface area contributed by atoms with Crippen molar-refractivity contribution in [3.05, 3.63) is 34.4 Å². The quantitative estimate of drug-likeness (QED) is 0.705. The number of carbonyl (C=O) groups excluding carboxylic acids is 1. The van der Waals surface area contributed by atoms with Crippen LogP contribution in [0.15, 0.2) is 12.1 Å². The van der Waals surface area contributed by atoms with Crippen LogP contribution in [0.5, 0.6) is 0 Å². The van der Waals surface area contributed by atoms with E-state index in [0.29, 0.717) is 5.92 Å². The largest absolute Gasteiger partial charge is 0.295 e. The normalized spacial score (nSPS) is 23.2. The van der Waals surface area contributed by atoms with E-state index in [-0.39, 0.29) is 16.6 Å². The van der Waals surface area contributed by atoms with Crippen LogP contribution >= 0.6 is 0 Å². The molecule has 0 aliphatic heterocycles. The summed E-state index contributed by atoms with van der Waals surface area (Å²) >= 11 is 0. The van der Waals surface area contributed by atoms with Crippen molar-refractivity contribution in [1.82, 2.24) is 0 Å². The van der Waals surface area contributed by atoms with Crippen molar-refractivity contribution in [1.29, 1.82) is 0 Å². The molecular formula is C18H26O. The highest BCUT2D eigenvalue weighted by Gasteiger charge is 2.48. The average Bonchev–Trinajstić information content (AvgIpc) is 2.47. The summed E-state index contributed by atoms with van der Waals surface area (Å²) < 4.78 is 0. The SMILES string of the molecule is CCc1cc2c(cc1C(C)=O)C(C)(C)C(C)C2(C)C. The summed E-state index contributed by atoms with van der Waals surface area (Å²) in [7, 11) is 0. The summed E-state index contributed by atoms with van der Waals surface area (Å²) in [5.41, 5.74) is 5.23. The lowest BCUT2D eigenvalue weighted by atomic mass is 9.71. The second kappa shape index (κ2) is 4.19. The monoisotopic (exact) mass is 258 g/mol. The van der Waals surface area contributed by atoms with E-state index in [9.17, 15) is 4.79 Å². The maximum atomic E-state index is 11.9. The topological polar surface area (TPSA) is 17.1 Å². The number of rotatable bonds is 2. The zero-order valence-corrected chi connectivity index (χ0v) is 13.3. The molecule has 0 radical (unpaired) electrons. The molecule has 1 aromatic rings. The highest BCUT2D eigenvalue weighted by molar-refractivity contribution is 5.96. The zero-order chi connectivity index (χ0) is 14.6. The number of benzene rings is 1. The number of fused-ring (bicyclic) bond motifs is 1. The Balaban J connectivity index is 2.77. The molecule has 1 atom stereocenters. The third-order valence-electron chi connectivity index (χ3n) is 5.56. The molecule has 19 heavy (non-hydrogen) atoms. The van der Waals surface area contributed by atoms with Gasteiger partial charge >= 0.3 is 0 Å². The van der Waals surface area contributed by atoms with E-state index in [0.717, 1.165) is 12.0 Å². The van der Waals surface area contributed by atoms with E-state index < -0.39 is 0 Å². The summed E-state index contributed by atoms with van der Waals surface area (Å²) in [6.07, 6.45) is 0.924. The van der Waals surface area contributed by atoms with Gasteiger partial charge in [-0.3, -0.25) is 4.79 Å². The number of carbonyl (C=O) groups is 1. The predicted molar refractivity (Wildman–Crippen MR) is 81.0 cm³/mol. The number of hydrogen-bond donors (Lipinski definition) is 0. The Morgan fingerprint density at radius 3 is 2.00 bits per heavy atom. The van der Waals surface area contributed by atoms with Gasteiger partial charge in [-0.05, 0) is 52.8 Å².